The van der Waals surface area contributed by atoms with Crippen LogP contribution in [0.3, 0.4) is 0 Å². The van der Waals surface area contributed by atoms with E-state index >= 15 is 0 Å². The lowest BCUT2D eigenvalue weighted by atomic mass is 10.1. The molecule has 3 rings (SSSR count). The minimum Gasteiger partial charge on any atom is -0.465 e. The van der Waals surface area contributed by atoms with E-state index in [1.807, 2.05) is 32.0 Å². The maximum absolute atomic E-state index is 12.6. The smallest absolute Gasteiger partial charge is 0.341 e. The number of thiophene rings is 1. The van der Waals surface area contributed by atoms with Crippen LogP contribution in [0.4, 0.5) is 5.00 Å². The number of nitrogens with zero attached hydrogens (tertiary/aromatic N) is 2. The summed E-state index contributed by atoms with van der Waals surface area (Å²) in [5.41, 5.74) is 2.65. The summed E-state index contributed by atoms with van der Waals surface area (Å²) >= 11 is 1.44. The van der Waals surface area contributed by atoms with Crippen LogP contribution in [0.5, 0.6) is 0 Å². The van der Waals surface area contributed by atoms with Crippen molar-refractivity contribution in [1.29, 1.82) is 0 Å². The molecule has 1 aliphatic rings. The Bertz CT molecular complexity index is 916. The van der Waals surface area contributed by atoms with Crippen LogP contribution in [-0.4, -0.2) is 68.1 Å². The molecule has 1 saturated heterocycles. The second-order valence-corrected chi connectivity index (χ2v) is 8.85. The Kier molecular flexibility index (Phi) is 8.40. The molecular weight excluding hydrogens is 410 g/mol. The first-order chi connectivity index (χ1) is 15.0. The minimum absolute atomic E-state index is 0.0912. The maximum Gasteiger partial charge on any atom is 0.341 e. The van der Waals surface area contributed by atoms with Gasteiger partial charge in [0.1, 0.15) is 5.00 Å². The number of piperazine rings is 1. The van der Waals surface area contributed by atoms with Gasteiger partial charge in [0.05, 0.1) is 19.2 Å². The Hall–Kier alpha value is -2.48. The number of rotatable bonds is 8. The van der Waals surface area contributed by atoms with Crippen LogP contribution in [0.15, 0.2) is 36.4 Å². The van der Waals surface area contributed by atoms with Crippen molar-refractivity contribution < 1.29 is 14.3 Å². The third-order valence-electron chi connectivity index (χ3n) is 5.51. The van der Waals surface area contributed by atoms with Crippen LogP contribution in [0, 0.1) is 6.92 Å². The Morgan fingerprint density at radius 3 is 2.45 bits per heavy atom. The molecule has 0 radical (unpaired) electrons. The molecule has 31 heavy (non-hydrogen) atoms. The summed E-state index contributed by atoms with van der Waals surface area (Å²) in [4.78, 5) is 30.4. The zero-order chi connectivity index (χ0) is 22.2. The van der Waals surface area contributed by atoms with Gasteiger partial charge in [0.15, 0.2) is 0 Å². The van der Waals surface area contributed by atoms with Crippen molar-refractivity contribution in [2.24, 2.45) is 0 Å². The summed E-state index contributed by atoms with van der Waals surface area (Å²) in [7, 11) is 1.37. The molecule has 1 aliphatic heterocycles. The van der Waals surface area contributed by atoms with Gasteiger partial charge in [0.2, 0.25) is 5.91 Å². The molecule has 0 aliphatic carbocycles. The lowest BCUT2D eigenvalue weighted by Crippen LogP contribution is -2.48. The quantitative estimate of drug-likeness (QED) is 0.634. The first kappa shape index (κ1) is 23.2. The van der Waals surface area contributed by atoms with Gasteiger partial charge in [-0.1, -0.05) is 49.4 Å². The highest BCUT2D eigenvalue weighted by Gasteiger charge is 2.24. The Morgan fingerprint density at radius 1 is 1.13 bits per heavy atom. The molecule has 6 nitrogen and oxygen atoms in total. The summed E-state index contributed by atoms with van der Waals surface area (Å²) < 4.78 is 4.93. The van der Waals surface area contributed by atoms with Crippen LogP contribution < -0.4 is 5.32 Å². The summed E-state index contributed by atoms with van der Waals surface area (Å²) in [5.74, 6) is -0.486. The normalized spacial score (nSPS) is 15.3. The van der Waals surface area contributed by atoms with Crippen LogP contribution in [0.25, 0.3) is 6.08 Å². The molecule has 0 saturated carbocycles. The van der Waals surface area contributed by atoms with E-state index in [1.165, 1.54) is 24.0 Å². The van der Waals surface area contributed by atoms with Crippen molar-refractivity contribution in [3.63, 3.8) is 0 Å². The number of carbonyl (C=O) groups excluding carboxylic acids is 2. The van der Waals surface area contributed by atoms with Crippen molar-refractivity contribution in [3.8, 4) is 0 Å². The van der Waals surface area contributed by atoms with Gasteiger partial charge in [-0.25, -0.2) is 4.79 Å². The van der Waals surface area contributed by atoms with Crippen molar-refractivity contribution in [1.82, 2.24) is 9.80 Å². The molecule has 1 N–H and O–H groups in total. The standard InChI is InChI=1S/C24H31N3O3S/c1-4-20-18(2)31-23(22(20)24(29)30-3)25-21(28)17-27-15-13-26(14-16-27)12-8-11-19-9-6-5-7-10-19/h5-11H,4,12-17H2,1-3H3,(H,25,28)/b11-8+. The number of esters is 1. The van der Waals surface area contributed by atoms with Gasteiger partial charge in [0, 0.05) is 37.6 Å². The third kappa shape index (κ3) is 6.26. The number of methoxy groups -OCH3 is 1. The fourth-order valence-corrected chi connectivity index (χ4v) is 4.96. The summed E-state index contributed by atoms with van der Waals surface area (Å²) in [6.07, 6.45) is 5.06. The zero-order valence-corrected chi connectivity index (χ0v) is 19.3. The molecule has 1 fully saturated rings. The highest BCUT2D eigenvalue weighted by atomic mass is 32.1. The monoisotopic (exact) mass is 441 g/mol. The van der Waals surface area contributed by atoms with Crippen LogP contribution >= 0.6 is 11.3 Å². The number of benzene rings is 1. The molecule has 166 valence electrons. The van der Waals surface area contributed by atoms with Gasteiger partial charge in [-0.3, -0.25) is 14.6 Å². The fraction of sp³-hybridized carbons (Fsp3) is 0.417. The van der Waals surface area contributed by atoms with Crippen molar-refractivity contribution >= 4 is 34.3 Å². The zero-order valence-electron chi connectivity index (χ0n) is 18.5. The molecule has 1 amide bonds. The number of carbonyl (C=O) groups is 2. The second kappa shape index (κ2) is 11.2. The molecule has 0 bridgehead atoms. The van der Waals surface area contributed by atoms with Crippen molar-refractivity contribution in [2.75, 3.05) is 51.7 Å². The summed E-state index contributed by atoms with van der Waals surface area (Å²) in [6, 6.07) is 10.3. The van der Waals surface area contributed by atoms with E-state index in [-0.39, 0.29) is 5.91 Å². The van der Waals surface area contributed by atoms with Gasteiger partial charge in [0.25, 0.3) is 0 Å². The van der Waals surface area contributed by atoms with Crippen LogP contribution in [0.1, 0.15) is 33.3 Å². The van der Waals surface area contributed by atoms with Gasteiger partial charge >= 0.3 is 5.97 Å². The van der Waals surface area contributed by atoms with E-state index in [0.29, 0.717) is 17.1 Å². The molecule has 7 heteroatoms. The highest BCUT2D eigenvalue weighted by molar-refractivity contribution is 7.16. The Balaban J connectivity index is 1.48. The number of ether oxygens (including phenoxy) is 1. The van der Waals surface area contributed by atoms with E-state index < -0.39 is 5.97 Å². The molecule has 2 heterocycles. The van der Waals surface area contributed by atoms with Gasteiger partial charge in [-0.05, 0) is 24.5 Å². The number of hydrogen-bond donors (Lipinski definition) is 1. The topological polar surface area (TPSA) is 61.9 Å². The SMILES string of the molecule is CCc1c(C)sc(NC(=O)CN2CCN(C/C=C/c3ccccc3)CC2)c1C(=O)OC. The number of aryl methyl sites for hydroxylation is 1. The molecule has 0 unspecified atom stereocenters. The molecular formula is C24H31N3O3S. The average molecular weight is 442 g/mol. The number of amides is 1. The van der Waals surface area contributed by atoms with E-state index in [4.69, 9.17) is 4.74 Å². The van der Waals surface area contributed by atoms with E-state index in [1.54, 1.807) is 0 Å². The summed E-state index contributed by atoms with van der Waals surface area (Å²) in [5, 5.41) is 3.54. The Morgan fingerprint density at radius 2 is 1.81 bits per heavy atom. The Labute approximate surface area is 188 Å². The predicted molar refractivity (Wildman–Crippen MR) is 127 cm³/mol. The minimum atomic E-state index is -0.395. The third-order valence-corrected chi connectivity index (χ3v) is 6.57. The molecule has 0 atom stereocenters. The molecule has 2 aromatic rings. The molecule has 1 aromatic carbocycles. The van der Waals surface area contributed by atoms with Gasteiger partial charge in [-0.2, -0.15) is 0 Å². The van der Waals surface area contributed by atoms with E-state index in [2.05, 4.69) is 39.4 Å². The van der Waals surface area contributed by atoms with E-state index in [9.17, 15) is 9.59 Å². The van der Waals surface area contributed by atoms with Crippen molar-refractivity contribution in [3.05, 3.63) is 58.0 Å². The van der Waals surface area contributed by atoms with Gasteiger partial charge in [-0.15, -0.1) is 11.3 Å². The predicted octanol–water partition coefficient (Wildman–Crippen LogP) is 3.68. The van der Waals surface area contributed by atoms with Gasteiger partial charge < -0.3 is 10.1 Å². The first-order valence-electron chi connectivity index (χ1n) is 10.7. The molecule has 1 aromatic heterocycles. The molecule has 0 spiro atoms. The first-order valence-corrected chi connectivity index (χ1v) is 11.5. The lowest BCUT2D eigenvalue weighted by molar-refractivity contribution is -0.117. The highest BCUT2D eigenvalue weighted by Crippen LogP contribution is 2.34. The largest absolute Gasteiger partial charge is 0.465 e. The number of nitrogens with one attached hydrogen (secondary N) is 1. The van der Waals surface area contributed by atoms with Crippen molar-refractivity contribution in [2.45, 2.75) is 20.3 Å². The van der Waals surface area contributed by atoms with Crippen LogP contribution in [0.2, 0.25) is 0 Å². The average Bonchev–Trinajstić information content (AvgIpc) is 3.09. The maximum atomic E-state index is 12.6. The lowest BCUT2D eigenvalue weighted by Gasteiger charge is -2.33. The number of hydrogen-bond acceptors (Lipinski definition) is 6. The van der Waals surface area contributed by atoms with Crippen LogP contribution in [-0.2, 0) is 16.0 Å². The summed E-state index contributed by atoms with van der Waals surface area (Å²) in [6.45, 7) is 8.76. The number of anilines is 1. The second-order valence-electron chi connectivity index (χ2n) is 7.62. The fourth-order valence-electron chi connectivity index (χ4n) is 3.81. The van der Waals surface area contributed by atoms with E-state index in [0.717, 1.165) is 49.6 Å².